The smallest absolute Gasteiger partial charge is 0.103 e. The van der Waals surface area contributed by atoms with Crippen LogP contribution in [0.4, 0.5) is 4.39 Å². The second-order valence-corrected chi connectivity index (χ2v) is 3.39. The highest BCUT2D eigenvalue weighted by molar-refractivity contribution is 4.61. The van der Waals surface area contributed by atoms with Crippen LogP contribution < -0.4 is 0 Å². The molecule has 0 bridgehead atoms. The molecule has 0 aliphatic heterocycles. The lowest BCUT2D eigenvalue weighted by Gasteiger charge is -2.13. The molecule has 0 aromatic rings. The number of hydrogen-bond acceptors (Lipinski definition) is 0. The summed E-state index contributed by atoms with van der Waals surface area (Å²) in [7, 11) is 0. The van der Waals surface area contributed by atoms with Crippen molar-refractivity contribution in [3.8, 4) is 0 Å². The van der Waals surface area contributed by atoms with E-state index < -0.39 is 6.17 Å². The highest BCUT2D eigenvalue weighted by Crippen LogP contribution is 2.15. The summed E-state index contributed by atoms with van der Waals surface area (Å²) < 4.78 is 12.8. The Bertz CT molecular complexity index is 67.0. The molecule has 0 spiro atoms. The number of halogens is 1. The normalized spacial score (nSPS) is 15.0. The molecule has 0 N–H and O–H groups in total. The average molecular weight is 132 g/mol. The first-order chi connectivity index (χ1) is 4.04. The summed E-state index contributed by atoms with van der Waals surface area (Å²) in [5.41, 5.74) is 0. The molecule has 1 atom stereocenters. The highest BCUT2D eigenvalue weighted by Gasteiger charge is 2.12. The van der Waals surface area contributed by atoms with Crippen LogP contribution in [0.3, 0.4) is 0 Å². The second-order valence-electron chi connectivity index (χ2n) is 3.39. The van der Waals surface area contributed by atoms with Gasteiger partial charge >= 0.3 is 0 Å². The van der Waals surface area contributed by atoms with Crippen LogP contribution in [-0.4, -0.2) is 6.17 Å². The van der Waals surface area contributed by atoms with Gasteiger partial charge in [-0.15, -0.1) is 0 Å². The van der Waals surface area contributed by atoms with E-state index in [1.165, 1.54) is 0 Å². The molecular weight excluding hydrogens is 115 g/mol. The predicted octanol–water partition coefficient (Wildman–Crippen LogP) is 3.03. The lowest BCUT2D eigenvalue weighted by atomic mass is 9.99. The van der Waals surface area contributed by atoms with E-state index in [2.05, 4.69) is 13.8 Å². The Labute approximate surface area is 57.5 Å². The molecule has 0 radical (unpaired) electrons. The van der Waals surface area contributed by atoms with Crippen LogP contribution in [-0.2, 0) is 0 Å². The van der Waals surface area contributed by atoms with E-state index in [9.17, 15) is 4.39 Å². The van der Waals surface area contributed by atoms with Crippen molar-refractivity contribution in [2.75, 3.05) is 0 Å². The summed E-state index contributed by atoms with van der Waals surface area (Å²) in [5, 5.41) is 0. The number of hydrogen-bond donors (Lipinski definition) is 0. The molecule has 0 heterocycles. The molecule has 0 saturated carbocycles. The van der Waals surface area contributed by atoms with Gasteiger partial charge in [-0.2, -0.15) is 0 Å². The lowest BCUT2D eigenvalue weighted by Crippen LogP contribution is -2.11. The van der Waals surface area contributed by atoms with Gasteiger partial charge in [-0.25, -0.2) is 4.39 Å². The third-order valence-electron chi connectivity index (χ3n) is 1.42. The number of rotatable bonds is 3. The fourth-order valence-electron chi connectivity index (χ4n) is 0.723. The molecule has 9 heavy (non-hydrogen) atoms. The van der Waals surface area contributed by atoms with Gasteiger partial charge in [0.1, 0.15) is 6.17 Å². The first kappa shape index (κ1) is 8.93. The Hall–Kier alpha value is -0.0700. The molecule has 0 amide bonds. The van der Waals surface area contributed by atoms with E-state index >= 15 is 0 Å². The fourth-order valence-corrected chi connectivity index (χ4v) is 0.723. The topological polar surface area (TPSA) is 0 Å². The number of alkyl halides is 1. The zero-order chi connectivity index (χ0) is 7.44. The second kappa shape index (κ2) is 3.86. The van der Waals surface area contributed by atoms with E-state index in [1.807, 2.05) is 13.8 Å². The molecule has 0 aliphatic rings. The summed E-state index contributed by atoms with van der Waals surface area (Å²) in [4.78, 5) is 0. The van der Waals surface area contributed by atoms with Crippen LogP contribution in [0.2, 0.25) is 0 Å². The van der Waals surface area contributed by atoms with Crippen LogP contribution in [0.15, 0.2) is 0 Å². The van der Waals surface area contributed by atoms with Crippen LogP contribution in [0, 0.1) is 11.8 Å². The first-order valence-electron chi connectivity index (χ1n) is 3.68. The van der Waals surface area contributed by atoms with E-state index in [-0.39, 0.29) is 5.92 Å². The molecule has 0 fully saturated rings. The average Bonchev–Trinajstić information content (AvgIpc) is 1.63. The molecule has 0 aromatic carbocycles. The van der Waals surface area contributed by atoms with Gasteiger partial charge in [-0.1, -0.05) is 27.7 Å². The van der Waals surface area contributed by atoms with Crippen molar-refractivity contribution in [1.82, 2.24) is 0 Å². The molecule has 56 valence electrons. The van der Waals surface area contributed by atoms with Gasteiger partial charge in [-0.05, 0) is 18.3 Å². The summed E-state index contributed by atoms with van der Waals surface area (Å²) in [6.45, 7) is 7.95. The van der Waals surface area contributed by atoms with E-state index in [0.717, 1.165) is 0 Å². The minimum Gasteiger partial charge on any atom is -0.247 e. The van der Waals surface area contributed by atoms with Crippen molar-refractivity contribution >= 4 is 0 Å². The van der Waals surface area contributed by atoms with E-state index in [4.69, 9.17) is 0 Å². The van der Waals surface area contributed by atoms with Crippen LogP contribution in [0.5, 0.6) is 0 Å². The van der Waals surface area contributed by atoms with Crippen molar-refractivity contribution in [1.29, 1.82) is 0 Å². The molecule has 0 rings (SSSR count). The minimum atomic E-state index is -0.606. The maximum absolute atomic E-state index is 12.8. The summed E-state index contributed by atoms with van der Waals surface area (Å²) in [6.07, 6.45) is 0.0995. The summed E-state index contributed by atoms with van der Waals surface area (Å²) in [6, 6.07) is 0. The maximum Gasteiger partial charge on any atom is 0.103 e. The Morgan fingerprint density at radius 2 is 1.56 bits per heavy atom. The van der Waals surface area contributed by atoms with E-state index in [0.29, 0.717) is 12.3 Å². The van der Waals surface area contributed by atoms with Gasteiger partial charge in [0.25, 0.3) is 0 Å². The van der Waals surface area contributed by atoms with Crippen molar-refractivity contribution in [3.05, 3.63) is 0 Å². The molecule has 0 aromatic heterocycles. The minimum absolute atomic E-state index is 0.187. The fraction of sp³-hybridized carbons (Fsp3) is 1.00. The predicted molar refractivity (Wildman–Crippen MR) is 39.2 cm³/mol. The van der Waals surface area contributed by atoms with Gasteiger partial charge in [0.2, 0.25) is 0 Å². The van der Waals surface area contributed by atoms with Crippen LogP contribution >= 0.6 is 0 Å². The molecule has 0 unspecified atom stereocenters. The largest absolute Gasteiger partial charge is 0.247 e. The Morgan fingerprint density at radius 3 is 1.67 bits per heavy atom. The third kappa shape index (κ3) is 4.43. The van der Waals surface area contributed by atoms with Gasteiger partial charge in [0.05, 0.1) is 0 Å². The Morgan fingerprint density at radius 1 is 1.11 bits per heavy atom. The van der Waals surface area contributed by atoms with E-state index in [1.54, 1.807) is 0 Å². The van der Waals surface area contributed by atoms with Gasteiger partial charge < -0.3 is 0 Å². The van der Waals surface area contributed by atoms with Crippen molar-refractivity contribution in [2.24, 2.45) is 11.8 Å². The van der Waals surface area contributed by atoms with Gasteiger partial charge in [0, 0.05) is 0 Å². The molecule has 1 heteroatoms. The van der Waals surface area contributed by atoms with Crippen molar-refractivity contribution in [3.63, 3.8) is 0 Å². The van der Waals surface area contributed by atoms with Gasteiger partial charge in [0.15, 0.2) is 0 Å². The van der Waals surface area contributed by atoms with Crippen LogP contribution in [0.1, 0.15) is 34.1 Å². The molecule has 0 saturated heterocycles. The monoisotopic (exact) mass is 132 g/mol. The van der Waals surface area contributed by atoms with Crippen LogP contribution in [0.25, 0.3) is 0 Å². The maximum atomic E-state index is 12.8. The quantitative estimate of drug-likeness (QED) is 0.553. The Balaban J connectivity index is 3.38. The van der Waals surface area contributed by atoms with Crippen molar-refractivity contribution in [2.45, 2.75) is 40.3 Å². The highest BCUT2D eigenvalue weighted by atomic mass is 19.1. The Kier molecular flexibility index (Phi) is 3.83. The summed E-state index contributed by atoms with van der Waals surface area (Å²) in [5.74, 6) is 0.676. The lowest BCUT2D eigenvalue weighted by molar-refractivity contribution is 0.217. The molecular formula is C8H17F. The molecule has 0 aliphatic carbocycles. The zero-order valence-corrected chi connectivity index (χ0v) is 6.82. The SMILES string of the molecule is CC(C)C[C@@H](F)C(C)C. The van der Waals surface area contributed by atoms with Gasteiger partial charge in [-0.3, -0.25) is 0 Å². The molecule has 0 nitrogen and oxygen atoms in total. The van der Waals surface area contributed by atoms with Crippen molar-refractivity contribution < 1.29 is 4.39 Å². The third-order valence-corrected chi connectivity index (χ3v) is 1.42. The first-order valence-corrected chi connectivity index (χ1v) is 3.68. The zero-order valence-electron chi connectivity index (χ0n) is 6.82. The summed E-state index contributed by atoms with van der Waals surface area (Å²) >= 11 is 0. The standard InChI is InChI=1S/C8H17F/c1-6(2)5-8(9)7(3)4/h6-8H,5H2,1-4H3/t8-/m1/s1.